The SMILES string of the molecule is Clc1cc(Cl)cc(NC(=Nc2ccccc2)c2ccccc2)c1. The minimum absolute atomic E-state index is 0.576. The lowest BCUT2D eigenvalue weighted by atomic mass is 10.2. The first-order valence-corrected chi connectivity index (χ1v) is 7.88. The Balaban J connectivity index is 2.00. The molecule has 0 amide bonds. The van der Waals surface area contributed by atoms with Gasteiger partial charge in [-0.05, 0) is 30.3 Å². The second-order valence-corrected chi connectivity index (χ2v) is 5.82. The number of nitrogens with one attached hydrogen (secondary N) is 1. The third-order valence-corrected chi connectivity index (χ3v) is 3.61. The van der Waals surface area contributed by atoms with E-state index in [0.29, 0.717) is 10.0 Å². The zero-order valence-electron chi connectivity index (χ0n) is 12.2. The van der Waals surface area contributed by atoms with E-state index in [1.165, 1.54) is 0 Å². The lowest BCUT2D eigenvalue weighted by Gasteiger charge is -2.11. The number of nitrogens with zero attached hydrogens (tertiary/aromatic N) is 1. The monoisotopic (exact) mass is 340 g/mol. The van der Waals surface area contributed by atoms with E-state index in [2.05, 4.69) is 5.32 Å². The van der Waals surface area contributed by atoms with Gasteiger partial charge in [-0.2, -0.15) is 0 Å². The van der Waals surface area contributed by atoms with Crippen LogP contribution in [0, 0.1) is 0 Å². The quantitative estimate of drug-likeness (QED) is 0.446. The van der Waals surface area contributed by atoms with E-state index in [-0.39, 0.29) is 0 Å². The Morgan fingerprint density at radius 3 is 1.91 bits per heavy atom. The first-order valence-electron chi connectivity index (χ1n) is 7.13. The molecule has 0 bridgehead atoms. The van der Waals surface area contributed by atoms with Gasteiger partial charge in [0.2, 0.25) is 0 Å². The molecule has 4 heteroatoms. The number of hydrogen-bond acceptors (Lipinski definition) is 1. The van der Waals surface area contributed by atoms with Crippen molar-refractivity contribution in [2.45, 2.75) is 0 Å². The summed E-state index contributed by atoms with van der Waals surface area (Å²) >= 11 is 12.2. The molecular formula is C19H14Cl2N2. The molecule has 1 N–H and O–H groups in total. The normalized spacial score (nSPS) is 11.3. The summed E-state index contributed by atoms with van der Waals surface area (Å²) in [6.45, 7) is 0. The molecule has 0 unspecified atom stereocenters. The molecule has 2 nitrogen and oxygen atoms in total. The minimum Gasteiger partial charge on any atom is -0.340 e. The van der Waals surface area contributed by atoms with Crippen molar-refractivity contribution >= 4 is 40.4 Å². The number of halogens is 2. The van der Waals surface area contributed by atoms with Gasteiger partial charge in [0.15, 0.2) is 0 Å². The summed E-state index contributed by atoms with van der Waals surface area (Å²) in [6, 6.07) is 25.0. The van der Waals surface area contributed by atoms with E-state index in [1.807, 2.05) is 72.8 Å². The van der Waals surface area contributed by atoms with Crippen LogP contribution >= 0.6 is 23.2 Å². The van der Waals surface area contributed by atoms with Crippen molar-refractivity contribution in [3.8, 4) is 0 Å². The molecule has 3 aromatic rings. The Morgan fingerprint density at radius 1 is 0.739 bits per heavy atom. The number of benzene rings is 3. The van der Waals surface area contributed by atoms with E-state index < -0.39 is 0 Å². The Hall–Kier alpha value is -2.29. The van der Waals surface area contributed by atoms with Gasteiger partial charge in [0.25, 0.3) is 0 Å². The molecule has 0 saturated carbocycles. The third-order valence-electron chi connectivity index (χ3n) is 3.17. The topological polar surface area (TPSA) is 24.4 Å². The van der Waals surface area contributed by atoms with Gasteiger partial charge in [-0.15, -0.1) is 0 Å². The first-order chi connectivity index (χ1) is 11.2. The van der Waals surface area contributed by atoms with Crippen molar-refractivity contribution in [1.29, 1.82) is 0 Å². The second kappa shape index (κ2) is 7.32. The molecule has 0 aromatic heterocycles. The maximum absolute atomic E-state index is 6.08. The van der Waals surface area contributed by atoms with Crippen molar-refractivity contribution in [3.63, 3.8) is 0 Å². The molecule has 0 aliphatic rings. The molecule has 0 radical (unpaired) electrons. The maximum atomic E-state index is 6.08. The number of para-hydroxylation sites is 1. The fourth-order valence-corrected chi connectivity index (χ4v) is 2.68. The smallest absolute Gasteiger partial charge is 0.138 e. The lowest BCUT2D eigenvalue weighted by molar-refractivity contribution is 1.46. The average Bonchev–Trinajstić information content (AvgIpc) is 2.55. The van der Waals surface area contributed by atoms with Crippen LogP contribution < -0.4 is 5.32 Å². The number of anilines is 1. The van der Waals surface area contributed by atoms with Crippen LogP contribution in [-0.2, 0) is 0 Å². The second-order valence-electron chi connectivity index (χ2n) is 4.95. The first kappa shape index (κ1) is 15.6. The summed E-state index contributed by atoms with van der Waals surface area (Å²) in [5.74, 6) is 0.732. The standard InChI is InChI=1S/C19H14Cl2N2/c20-15-11-16(21)13-18(12-15)23-19(14-7-3-1-4-8-14)22-17-9-5-2-6-10-17/h1-13H,(H,22,23). The van der Waals surface area contributed by atoms with E-state index in [9.17, 15) is 0 Å². The van der Waals surface area contributed by atoms with E-state index in [4.69, 9.17) is 28.2 Å². The van der Waals surface area contributed by atoms with Crippen molar-refractivity contribution < 1.29 is 0 Å². The summed E-state index contributed by atoms with van der Waals surface area (Å²) in [4.78, 5) is 4.70. The van der Waals surface area contributed by atoms with Crippen molar-refractivity contribution in [1.82, 2.24) is 0 Å². The molecule has 114 valence electrons. The highest BCUT2D eigenvalue weighted by atomic mass is 35.5. The molecule has 3 rings (SSSR count). The van der Waals surface area contributed by atoms with Crippen LogP contribution in [0.15, 0.2) is 83.9 Å². The number of amidine groups is 1. The van der Waals surface area contributed by atoms with Crippen LogP contribution in [0.3, 0.4) is 0 Å². The summed E-state index contributed by atoms with van der Waals surface area (Å²) in [7, 11) is 0. The summed E-state index contributed by atoms with van der Waals surface area (Å²) < 4.78 is 0. The largest absolute Gasteiger partial charge is 0.340 e. The lowest BCUT2D eigenvalue weighted by Crippen LogP contribution is -2.13. The van der Waals surface area contributed by atoms with E-state index in [1.54, 1.807) is 6.07 Å². The Morgan fingerprint density at radius 2 is 1.30 bits per heavy atom. The summed E-state index contributed by atoms with van der Waals surface area (Å²) in [6.07, 6.45) is 0. The van der Waals surface area contributed by atoms with Crippen molar-refractivity contribution in [2.75, 3.05) is 5.32 Å². The third kappa shape index (κ3) is 4.35. The molecule has 0 spiro atoms. The van der Waals surface area contributed by atoms with Gasteiger partial charge in [-0.25, -0.2) is 4.99 Å². The highest BCUT2D eigenvalue weighted by molar-refractivity contribution is 6.35. The molecule has 0 aliphatic heterocycles. The fraction of sp³-hybridized carbons (Fsp3) is 0. The minimum atomic E-state index is 0.576. The molecule has 0 saturated heterocycles. The van der Waals surface area contributed by atoms with Crippen LogP contribution in [0.25, 0.3) is 0 Å². The molecule has 0 atom stereocenters. The Labute approximate surface area is 145 Å². The Kier molecular flexibility index (Phi) is 4.96. The molecular weight excluding hydrogens is 327 g/mol. The van der Waals surface area contributed by atoms with Gasteiger partial charge in [0.1, 0.15) is 5.84 Å². The van der Waals surface area contributed by atoms with E-state index >= 15 is 0 Å². The van der Waals surface area contributed by atoms with Crippen LogP contribution in [0.4, 0.5) is 11.4 Å². The molecule has 0 aliphatic carbocycles. The predicted octanol–water partition coefficient (Wildman–Crippen LogP) is 6.18. The van der Waals surface area contributed by atoms with Crippen molar-refractivity contribution in [2.24, 2.45) is 4.99 Å². The highest BCUT2D eigenvalue weighted by Crippen LogP contribution is 2.23. The van der Waals surface area contributed by atoms with Crippen LogP contribution in [0.5, 0.6) is 0 Å². The van der Waals surface area contributed by atoms with Crippen LogP contribution in [0.1, 0.15) is 5.56 Å². The van der Waals surface area contributed by atoms with Crippen molar-refractivity contribution in [3.05, 3.63) is 94.5 Å². The average molecular weight is 341 g/mol. The molecule has 0 fully saturated rings. The van der Waals surface area contributed by atoms with Gasteiger partial charge in [-0.3, -0.25) is 0 Å². The molecule has 3 aromatic carbocycles. The number of hydrogen-bond donors (Lipinski definition) is 1. The summed E-state index contributed by atoms with van der Waals surface area (Å²) in [5, 5.41) is 4.46. The molecule has 23 heavy (non-hydrogen) atoms. The maximum Gasteiger partial charge on any atom is 0.138 e. The highest BCUT2D eigenvalue weighted by Gasteiger charge is 2.06. The number of aliphatic imine (C=N–C) groups is 1. The van der Waals surface area contributed by atoms with E-state index in [0.717, 1.165) is 22.8 Å². The van der Waals surface area contributed by atoms with Crippen LogP contribution in [-0.4, -0.2) is 5.84 Å². The van der Waals surface area contributed by atoms with Gasteiger partial charge in [-0.1, -0.05) is 71.7 Å². The predicted molar refractivity (Wildman–Crippen MR) is 99.2 cm³/mol. The van der Waals surface area contributed by atoms with Gasteiger partial charge >= 0.3 is 0 Å². The summed E-state index contributed by atoms with van der Waals surface area (Å²) in [5.41, 5.74) is 2.64. The zero-order chi connectivity index (χ0) is 16.1. The van der Waals surface area contributed by atoms with Gasteiger partial charge < -0.3 is 5.32 Å². The van der Waals surface area contributed by atoms with Gasteiger partial charge in [0, 0.05) is 21.3 Å². The fourth-order valence-electron chi connectivity index (χ4n) is 2.16. The van der Waals surface area contributed by atoms with Gasteiger partial charge in [0.05, 0.1) is 5.69 Å². The number of rotatable bonds is 3. The Bertz CT molecular complexity index is 795. The molecule has 0 heterocycles. The van der Waals surface area contributed by atoms with Crippen LogP contribution in [0.2, 0.25) is 10.0 Å². The zero-order valence-corrected chi connectivity index (χ0v) is 13.7.